The maximum atomic E-state index is 12.4. The highest BCUT2D eigenvalue weighted by Gasteiger charge is 2.38. The molecule has 0 spiro atoms. The van der Waals surface area contributed by atoms with Crippen LogP contribution >= 0.6 is 0 Å². The van der Waals surface area contributed by atoms with E-state index in [1.807, 2.05) is 0 Å². The van der Waals surface area contributed by atoms with E-state index in [-0.39, 0.29) is 11.7 Å². The van der Waals surface area contributed by atoms with Gasteiger partial charge in [0.2, 0.25) is 5.82 Å². The lowest BCUT2D eigenvalue weighted by Gasteiger charge is -2.17. The zero-order valence-corrected chi connectivity index (χ0v) is 12.1. The predicted octanol–water partition coefficient (Wildman–Crippen LogP) is 2.49. The van der Waals surface area contributed by atoms with Crippen molar-refractivity contribution in [3.63, 3.8) is 0 Å². The molecule has 1 aliphatic rings. The van der Waals surface area contributed by atoms with Crippen LogP contribution in [0.5, 0.6) is 0 Å². The van der Waals surface area contributed by atoms with Crippen molar-refractivity contribution in [3.8, 4) is 11.4 Å². The molecule has 0 aliphatic heterocycles. The van der Waals surface area contributed by atoms with Gasteiger partial charge < -0.3 is 4.52 Å². The number of hydrazine groups is 1. The Morgan fingerprint density at radius 3 is 2.48 bits per heavy atom. The lowest BCUT2D eigenvalue weighted by molar-refractivity contribution is -0.159. The van der Waals surface area contributed by atoms with Crippen LogP contribution in [0.2, 0.25) is 0 Å². The minimum absolute atomic E-state index is 0.181. The second-order valence-electron chi connectivity index (χ2n) is 5.28. The summed E-state index contributed by atoms with van der Waals surface area (Å²) in [4.78, 5) is 15.3. The molecule has 3 rings (SSSR count). The van der Waals surface area contributed by atoms with E-state index in [0.29, 0.717) is 17.2 Å². The highest BCUT2D eigenvalue weighted by molar-refractivity contribution is 5.94. The molecule has 1 aliphatic carbocycles. The smallest absolute Gasteiger partial charge is 0.329 e. The normalized spacial score (nSPS) is 15.0. The highest BCUT2D eigenvalue weighted by Crippen LogP contribution is 2.29. The van der Waals surface area contributed by atoms with Crippen molar-refractivity contribution >= 4 is 5.91 Å². The number of aromatic nitrogens is 2. The number of carbonyl (C=O) groups excluding carboxylic acids is 1. The van der Waals surface area contributed by atoms with Crippen LogP contribution in [0, 0.1) is 0 Å². The van der Waals surface area contributed by atoms with Crippen molar-refractivity contribution in [3.05, 3.63) is 35.7 Å². The molecule has 1 heterocycles. The van der Waals surface area contributed by atoms with E-state index in [9.17, 15) is 18.0 Å². The Morgan fingerprint density at radius 2 is 1.96 bits per heavy atom. The number of amides is 1. The van der Waals surface area contributed by atoms with Gasteiger partial charge >= 0.3 is 12.1 Å². The Kier molecular flexibility index (Phi) is 3.80. The number of hydrogen-bond donors (Lipinski definition) is 1. The van der Waals surface area contributed by atoms with Gasteiger partial charge in [-0.05, 0) is 25.0 Å². The largest absolute Gasteiger partial charge is 0.471 e. The number of rotatable bonds is 4. The number of carbonyl (C=O) groups is 1. The molecule has 9 heteroatoms. The van der Waals surface area contributed by atoms with Gasteiger partial charge in [-0.15, -0.1) is 0 Å². The molecule has 1 N–H and O–H groups in total. The van der Waals surface area contributed by atoms with Crippen molar-refractivity contribution in [2.75, 3.05) is 7.05 Å². The monoisotopic (exact) mass is 326 g/mol. The zero-order valence-electron chi connectivity index (χ0n) is 12.1. The number of halogens is 3. The molecule has 1 saturated carbocycles. The van der Waals surface area contributed by atoms with E-state index >= 15 is 0 Å². The van der Waals surface area contributed by atoms with Gasteiger partial charge in [-0.25, -0.2) is 5.01 Å². The Balaban J connectivity index is 1.71. The van der Waals surface area contributed by atoms with Crippen molar-refractivity contribution < 1.29 is 22.5 Å². The molecule has 1 fully saturated rings. The van der Waals surface area contributed by atoms with Crippen LogP contribution in [0.1, 0.15) is 29.1 Å². The van der Waals surface area contributed by atoms with E-state index in [1.165, 1.54) is 24.3 Å². The molecule has 0 saturated heterocycles. The van der Waals surface area contributed by atoms with Crippen LogP contribution in [-0.2, 0) is 6.18 Å². The van der Waals surface area contributed by atoms with Crippen LogP contribution in [0.3, 0.4) is 0 Å². The van der Waals surface area contributed by atoms with E-state index < -0.39 is 12.1 Å². The molecule has 6 nitrogen and oxygen atoms in total. The molecule has 1 aromatic carbocycles. The van der Waals surface area contributed by atoms with Gasteiger partial charge in [0.1, 0.15) is 0 Å². The summed E-state index contributed by atoms with van der Waals surface area (Å²) < 4.78 is 41.4. The van der Waals surface area contributed by atoms with Crippen LogP contribution in [0.15, 0.2) is 28.8 Å². The lowest BCUT2D eigenvalue weighted by atomic mass is 10.1. The topological polar surface area (TPSA) is 71.3 Å². The van der Waals surface area contributed by atoms with Crippen molar-refractivity contribution in [2.45, 2.75) is 25.1 Å². The molecule has 0 bridgehead atoms. The van der Waals surface area contributed by atoms with E-state index in [4.69, 9.17) is 0 Å². The summed E-state index contributed by atoms with van der Waals surface area (Å²) in [5, 5.41) is 5.05. The average Bonchev–Trinajstić information content (AvgIpc) is 3.23. The summed E-state index contributed by atoms with van der Waals surface area (Å²) in [5.41, 5.74) is 3.46. The fourth-order valence-electron chi connectivity index (χ4n) is 2.00. The summed E-state index contributed by atoms with van der Waals surface area (Å²) in [7, 11) is 1.79. The van der Waals surface area contributed by atoms with Crippen molar-refractivity contribution in [2.24, 2.45) is 0 Å². The first-order valence-electron chi connectivity index (χ1n) is 6.90. The van der Waals surface area contributed by atoms with Gasteiger partial charge in [0, 0.05) is 24.2 Å². The van der Waals surface area contributed by atoms with Crippen molar-refractivity contribution in [1.82, 2.24) is 20.6 Å². The molecule has 0 unspecified atom stereocenters. The summed E-state index contributed by atoms with van der Waals surface area (Å²) in [6.45, 7) is 0. The Hall–Kier alpha value is -2.42. The van der Waals surface area contributed by atoms with Gasteiger partial charge in [-0.1, -0.05) is 17.3 Å². The van der Waals surface area contributed by atoms with Gasteiger partial charge in [-0.2, -0.15) is 18.2 Å². The maximum Gasteiger partial charge on any atom is 0.471 e. The van der Waals surface area contributed by atoms with Crippen LogP contribution in [0.25, 0.3) is 11.4 Å². The fourth-order valence-corrected chi connectivity index (χ4v) is 2.00. The minimum Gasteiger partial charge on any atom is -0.329 e. The SMILES string of the molecule is CN(NC(=O)c1ccc(-c2noc(C(F)(F)F)n2)cc1)C1CC1. The summed E-state index contributed by atoms with van der Waals surface area (Å²) in [6.07, 6.45) is -2.58. The van der Waals surface area contributed by atoms with Crippen molar-refractivity contribution in [1.29, 1.82) is 0 Å². The third-order valence-corrected chi connectivity index (χ3v) is 3.45. The second-order valence-corrected chi connectivity index (χ2v) is 5.28. The van der Waals surface area contributed by atoms with Gasteiger partial charge in [0.05, 0.1) is 0 Å². The molecule has 23 heavy (non-hydrogen) atoms. The molecule has 0 atom stereocenters. The summed E-state index contributed by atoms with van der Waals surface area (Å²) >= 11 is 0. The molecule has 1 amide bonds. The number of alkyl halides is 3. The van der Waals surface area contributed by atoms with Gasteiger partial charge in [-0.3, -0.25) is 10.2 Å². The quantitative estimate of drug-likeness (QED) is 0.874. The highest BCUT2D eigenvalue weighted by atomic mass is 19.4. The summed E-state index contributed by atoms with van der Waals surface area (Å²) in [6, 6.07) is 6.30. The Labute approximate surface area is 129 Å². The van der Waals surface area contributed by atoms with E-state index in [0.717, 1.165) is 12.8 Å². The fraction of sp³-hybridized carbons (Fsp3) is 0.357. The second kappa shape index (κ2) is 5.65. The van der Waals surface area contributed by atoms with E-state index in [1.54, 1.807) is 12.1 Å². The standard InChI is InChI=1S/C14H13F3N4O2/c1-21(10-6-7-10)19-12(22)9-4-2-8(3-5-9)11-18-13(23-20-11)14(15,16)17/h2-5,10H,6-7H2,1H3,(H,19,22). The summed E-state index contributed by atoms with van der Waals surface area (Å²) in [5.74, 6) is -1.87. The first-order chi connectivity index (χ1) is 10.8. The van der Waals surface area contributed by atoms with Crippen LogP contribution in [-0.4, -0.2) is 34.1 Å². The Bertz CT molecular complexity index is 708. The minimum atomic E-state index is -4.68. The number of hydrogen-bond acceptors (Lipinski definition) is 5. The lowest BCUT2D eigenvalue weighted by Crippen LogP contribution is -2.40. The molecule has 0 radical (unpaired) electrons. The predicted molar refractivity (Wildman–Crippen MR) is 73.0 cm³/mol. The first-order valence-corrected chi connectivity index (χ1v) is 6.90. The Morgan fingerprint density at radius 1 is 1.30 bits per heavy atom. The molecule has 2 aromatic rings. The molecular formula is C14H13F3N4O2. The first kappa shape index (κ1) is 15.5. The molecule has 1 aromatic heterocycles. The van der Waals surface area contributed by atoms with Crippen LogP contribution < -0.4 is 5.43 Å². The number of benzene rings is 1. The zero-order chi connectivity index (χ0) is 16.6. The third-order valence-electron chi connectivity index (χ3n) is 3.45. The van der Waals surface area contributed by atoms with Gasteiger partial charge in [0.15, 0.2) is 0 Å². The van der Waals surface area contributed by atoms with Crippen LogP contribution in [0.4, 0.5) is 13.2 Å². The van der Waals surface area contributed by atoms with Gasteiger partial charge in [0.25, 0.3) is 5.91 Å². The molecular weight excluding hydrogens is 313 g/mol. The maximum absolute atomic E-state index is 12.4. The van der Waals surface area contributed by atoms with E-state index in [2.05, 4.69) is 20.1 Å². The average molecular weight is 326 g/mol. The number of nitrogens with zero attached hydrogens (tertiary/aromatic N) is 3. The third kappa shape index (κ3) is 3.50. The number of nitrogens with one attached hydrogen (secondary N) is 1. The molecule has 122 valence electrons.